The molecule has 8 heteroatoms. The van der Waals surface area contributed by atoms with Gasteiger partial charge < -0.3 is 9.67 Å². The molecule has 0 unspecified atom stereocenters. The number of nitrogens with zero attached hydrogens (tertiary/aromatic N) is 3. The summed E-state index contributed by atoms with van der Waals surface area (Å²) in [6, 6.07) is 8.54. The van der Waals surface area contributed by atoms with E-state index in [9.17, 15) is 14.4 Å². The number of nitrogens with one attached hydrogen (secondary N) is 1. The summed E-state index contributed by atoms with van der Waals surface area (Å²) in [6.07, 6.45) is 0. The van der Waals surface area contributed by atoms with Crippen molar-refractivity contribution in [1.29, 1.82) is 0 Å². The summed E-state index contributed by atoms with van der Waals surface area (Å²) in [7, 11) is 1.41. The van der Waals surface area contributed by atoms with Crippen molar-refractivity contribution < 1.29 is 9.90 Å². The molecule has 3 aromatic rings. The first kappa shape index (κ1) is 12.9. The first-order valence-electron chi connectivity index (χ1n) is 6.01. The van der Waals surface area contributed by atoms with E-state index in [1.165, 1.54) is 11.6 Å². The van der Waals surface area contributed by atoms with E-state index in [0.29, 0.717) is 5.69 Å². The van der Waals surface area contributed by atoms with E-state index in [-0.39, 0.29) is 17.0 Å². The Morgan fingerprint density at radius 1 is 1.24 bits per heavy atom. The van der Waals surface area contributed by atoms with Crippen molar-refractivity contribution in [3.05, 3.63) is 57.0 Å². The van der Waals surface area contributed by atoms with Gasteiger partial charge in [0.2, 0.25) is 5.82 Å². The van der Waals surface area contributed by atoms with Crippen molar-refractivity contribution in [1.82, 2.24) is 19.1 Å². The van der Waals surface area contributed by atoms with Crippen molar-refractivity contribution in [2.75, 3.05) is 0 Å². The van der Waals surface area contributed by atoms with Crippen molar-refractivity contribution in [3.8, 4) is 5.69 Å². The second kappa shape index (κ2) is 4.44. The average molecular weight is 286 g/mol. The number of imidazole rings is 1. The predicted molar refractivity (Wildman–Crippen MR) is 73.9 cm³/mol. The number of H-pyrrole nitrogens is 1. The Bertz CT molecular complexity index is 965. The standard InChI is InChI=1S/C13H10N4O4/c1-16-8-9(14-10(16)12(19)20)17(13(21)15-11(8)18)7-5-3-2-4-6-7/h2-6H,1H3,(H,19,20)(H,15,18,21). The van der Waals surface area contributed by atoms with Gasteiger partial charge in [-0.05, 0) is 12.1 Å². The zero-order valence-corrected chi connectivity index (χ0v) is 10.9. The van der Waals surface area contributed by atoms with Gasteiger partial charge in [0.05, 0.1) is 5.69 Å². The second-order valence-corrected chi connectivity index (χ2v) is 4.40. The van der Waals surface area contributed by atoms with E-state index in [1.807, 2.05) is 0 Å². The first-order chi connectivity index (χ1) is 10.0. The maximum Gasteiger partial charge on any atom is 0.372 e. The monoisotopic (exact) mass is 286 g/mol. The first-order valence-corrected chi connectivity index (χ1v) is 6.01. The quantitative estimate of drug-likeness (QED) is 0.694. The molecule has 106 valence electrons. The third-order valence-corrected chi connectivity index (χ3v) is 3.13. The van der Waals surface area contributed by atoms with Gasteiger partial charge in [-0.2, -0.15) is 0 Å². The van der Waals surface area contributed by atoms with Crippen molar-refractivity contribution in [2.45, 2.75) is 0 Å². The number of carbonyl (C=O) groups is 1. The molecule has 0 amide bonds. The molecule has 0 spiro atoms. The molecule has 0 atom stereocenters. The van der Waals surface area contributed by atoms with Crippen molar-refractivity contribution >= 4 is 17.1 Å². The van der Waals surface area contributed by atoms with Crippen LogP contribution in [0.5, 0.6) is 0 Å². The number of aromatic carboxylic acids is 1. The van der Waals surface area contributed by atoms with Gasteiger partial charge in [-0.15, -0.1) is 0 Å². The molecule has 2 N–H and O–H groups in total. The summed E-state index contributed by atoms with van der Waals surface area (Å²) in [6.45, 7) is 0. The molecule has 2 aromatic heterocycles. The minimum atomic E-state index is -1.28. The summed E-state index contributed by atoms with van der Waals surface area (Å²) in [4.78, 5) is 41.2. The van der Waals surface area contributed by atoms with Crippen molar-refractivity contribution in [3.63, 3.8) is 0 Å². The Labute approximate surface area is 116 Å². The molecule has 0 bridgehead atoms. The number of carboxylic acids is 1. The number of benzene rings is 1. The van der Waals surface area contributed by atoms with Crippen LogP contribution in [0.1, 0.15) is 10.6 Å². The summed E-state index contributed by atoms with van der Waals surface area (Å²) in [5.74, 6) is -1.59. The molecule has 0 aliphatic rings. The number of hydrogen-bond acceptors (Lipinski definition) is 4. The van der Waals surface area contributed by atoms with Gasteiger partial charge in [0.15, 0.2) is 11.2 Å². The molecule has 21 heavy (non-hydrogen) atoms. The van der Waals surface area contributed by atoms with Gasteiger partial charge in [-0.3, -0.25) is 9.78 Å². The highest BCUT2D eigenvalue weighted by Gasteiger charge is 2.20. The maximum absolute atomic E-state index is 12.1. The number of aromatic nitrogens is 4. The van der Waals surface area contributed by atoms with Crippen LogP contribution in [0.2, 0.25) is 0 Å². The summed E-state index contributed by atoms with van der Waals surface area (Å²) >= 11 is 0. The van der Waals surface area contributed by atoms with Crippen LogP contribution in [0.25, 0.3) is 16.9 Å². The van der Waals surface area contributed by atoms with Crippen LogP contribution in [-0.2, 0) is 7.05 Å². The third-order valence-electron chi connectivity index (χ3n) is 3.13. The van der Waals surface area contributed by atoms with E-state index in [2.05, 4.69) is 9.97 Å². The molecule has 0 radical (unpaired) electrons. The highest BCUT2D eigenvalue weighted by atomic mass is 16.4. The van der Waals surface area contributed by atoms with E-state index < -0.39 is 17.2 Å². The summed E-state index contributed by atoms with van der Waals surface area (Å²) < 4.78 is 2.32. The lowest BCUT2D eigenvalue weighted by Gasteiger charge is -2.05. The van der Waals surface area contributed by atoms with Gasteiger partial charge in [-0.1, -0.05) is 18.2 Å². The molecule has 8 nitrogen and oxygen atoms in total. The zero-order valence-electron chi connectivity index (χ0n) is 10.9. The zero-order chi connectivity index (χ0) is 15.1. The van der Waals surface area contributed by atoms with E-state index in [4.69, 9.17) is 5.11 Å². The number of hydrogen-bond donors (Lipinski definition) is 2. The van der Waals surface area contributed by atoms with E-state index >= 15 is 0 Å². The molecule has 1 aromatic carbocycles. The molecule has 0 saturated heterocycles. The van der Waals surface area contributed by atoms with Crippen LogP contribution in [0.3, 0.4) is 0 Å². The lowest BCUT2D eigenvalue weighted by Crippen LogP contribution is -2.29. The highest BCUT2D eigenvalue weighted by molar-refractivity contribution is 5.88. The Kier molecular flexibility index (Phi) is 2.72. The molecule has 0 aliphatic heterocycles. The summed E-state index contributed by atoms with van der Waals surface area (Å²) in [5, 5.41) is 9.11. The lowest BCUT2D eigenvalue weighted by atomic mass is 10.3. The largest absolute Gasteiger partial charge is 0.475 e. The van der Waals surface area contributed by atoms with Gasteiger partial charge in [0.25, 0.3) is 5.56 Å². The molecular weight excluding hydrogens is 276 g/mol. The van der Waals surface area contributed by atoms with Gasteiger partial charge in [0.1, 0.15) is 0 Å². The predicted octanol–water partition coefficient (Wildman–Crippen LogP) is 0.111. The number of para-hydroxylation sites is 1. The van der Waals surface area contributed by atoms with Crippen LogP contribution in [0.4, 0.5) is 0 Å². The van der Waals surface area contributed by atoms with Gasteiger partial charge in [0, 0.05) is 7.05 Å². The molecule has 3 rings (SSSR count). The molecule has 0 saturated carbocycles. The number of rotatable bonds is 2. The van der Waals surface area contributed by atoms with Crippen LogP contribution >= 0.6 is 0 Å². The Morgan fingerprint density at radius 2 is 1.90 bits per heavy atom. The fourth-order valence-electron chi connectivity index (χ4n) is 2.21. The molecule has 2 heterocycles. The smallest absolute Gasteiger partial charge is 0.372 e. The van der Waals surface area contributed by atoms with Crippen LogP contribution in [-0.4, -0.2) is 30.2 Å². The Hall–Kier alpha value is -3.16. The van der Waals surface area contributed by atoms with Crippen LogP contribution < -0.4 is 11.2 Å². The highest BCUT2D eigenvalue weighted by Crippen LogP contribution is 2.13. The molecule has 0 fully saturated rings. The minimum absolute atomic E-state index is 0.00912. The second-order valence-electron chi connectivity index (χ2n) is 4.40. The normalized spacial score (nSPS) is 10.9. The third kappa shape index (κ3) is 1.84. The van der Waals surface area contributed by atoms with Gasteiger partial charge in [-0.25, -0.2) is 19.1 Å². The maximum atomic E-state index is 12.1. The number of aryl methyl sites for hydroxylation is 1. The Morgan fingerprint density at radius 3 is 2.52 bits per heavy atom. The number of fused-ring (bicyclic) bond motifs is 1. The van der Waals surface area contributed by atoms with Crippen molar-refractivity contribution in [2.24, 2.45) is 7.05 Å². The molecular formula is C13H10N4O4. The van der Waals surface area contributed by atoms with Crippen LogP contribution in [0.15, 0.2) is 39.9 Å². The molecule has 0 aliphatic carbocycles. The minimum Gasteiger partial charge on any atom is -0.475 e. The fourth-order valence-corrected chi connectivity index (χ4v) is 2.21. The number of carboxylic acid groups (broad SMARTS) is 1. The average Bonchev–Trinajstić information content (AvgIpc) is 2.78. The van der Waals surface area contributed by atoms with Gasteiger partial charge >= 0.3 is 11.7 Å². The van der Waals surface area contributed by atoms with E-state index in [1.54, 1.807) is 30.3 Å². The fraction of sp³-hybridized carbons (Fsp3) is 0.0769. The van der Waals surface area contributed by atoms with E-state index in [0.717, 1.165) is 4.57 Å². The topological polar surface area (TPSA) is 110 Å². The van der Waals surface area contributed by atoms with Crippen LogP contribution in [0, 0.1) is 0 Å². The summed E-state index contributed by atoms with van der Waals surface area (Å²) in [5.41, 5.74) is -0.831. The number of aromatic amines is 1. The lowest BCUT2D eigenvalue weighted by molar-refractivity contribution is 0.0680. The Balaban J connectivity index is 2.52. The SMILES string of the molecule is Cn1c(C(=O)O)nc2c1c(=O)[nH]c(=O)n2-c1ccccc1.